The quantitative estimate of drug-likeness (QED) is 0.843. The van der Waals surface area contributed by atoms with Crippen LogP contribution in [-0.4, -0.2) is 27.0 Å². The minimum absolute atomic E-state index is 0.0150. The first-order valence-corrected chi connectivity index (χ1v) is 6.77. The standard InChI is InChI=1S/C9H10BrNO3S/c1-15(13,14)9-3-2-6(10)4-7(9)8(12)5-11/h2-4H,5,11H2,1H3. The lowest BCUT2D eigenvalue weighted by atomic mass is 10.1. The van der Waals surface area contributed by atoms with Crippen LogP contribution in [0.15, 0.2) is 27.6 Å². The Hall–Kier alpha value is -0.720. The number of hydrogen-bond acceptors (Lipinski definition) is 4. The number of carbonyl (C=O) groups excluding carboxylic acids is 1. The van der Waals surface area contributed by atoms with Crippen LogP contribution in [0, 0.1) is 0 Å². The fourth-order valence-corrected chi connectivity index (χ4v) is 2.40. The summed E-state index contributed by atoms with van der Waals surface area (Å²) in [5.74, 6) is -0.392. The summed E-state index contributed by atoms with van der Waals surface area (Å²) >= 11 is 3.17. The van der Waals surface area contributed by atoms with Gasteiger partial charge in [-0.05, 0) is 18.2 Å². The van der Waals surface area contributed by atoms with Crippen LogP contribution in [0.2, 0.25) is 0 Å². The van der Waals surface area contributed by atoms with E-state index >= 15 is 0 Å². The van der Waals surface area contributed by atoms with E-state index in [1.165, 1.54) is 12.1 Å². The smallest absolute Gasteiger partial charge is 0.177 e. The fraction of sp³-hybridized carbons (Fsp3) is 0.222. The highest BCUT2D eigenvalue weighted by Gasteiger charge is 2.17. The van der Waals surface area contributed by atoms with E-state index in [4.69, 9.17) is 5.73 Å². The topological polar surface area (TPSA) is 77.2 Å². The van der Waals surface area contributed by atoms with Gasteiger partial charge in [0.2, 0.25) is 0 Å². The van der Waals surface area contributed by atoms with Crippen molar-refractivity contribution in [1.82, 2.24) is 0 Å². The average molecular weight is 292 g/mol. The summed E-state index contributed by atoms with van der Waals surface area (Å²) in [6.07, 6.45) is 1.06. The number of halogens is 1. The highest BCUT2D eigenvalue weighted by molar-refractivity contribution is 9.10. The second kappa shape index (κ2) is 4.42. The van der Waals surface area contributed by atoms with E-state index in [1.54, 1.807) is 6.07 Å². The minimum Gasteiger partial charge on any atom is -0.324 e. The Bertz CT molecular complexity index is 496. The molecule has 1 rings (SSSR count). The van der Waals surface area contributed by atoms with E-state index in [0.717, 1.165) is 6.26 Å². The summed E-state index contributed by atoms with van der Waals surface area (Å²) in [4.78, 5) is 11.4. The van der Waals surface area contributed by atoms with Crippen LogP contribution in [-0.2, 0) is 9.84 Å². The van der Waals surface area contributed by atoms with E-state index in [2.05, 4.69) is 15.9 Å². The van der Waals surface area contributed by atoms with Crippen molar-refractivity contribution in [1.29, 1.82) is 0 Å². The molecule has 82 valence electrons. The molecule has 0 radical (unpaired) electrons. The minimum atomic E-state index is -3.40. The number of ketones is 1. The van der Waals surface area contributed by atoms with E-state index < -0.39 is 15.6 Å². The zero-order valence-electron chi connectivity index (χ0n) is 8.03. The van der Waals surface area contributed by atoms with Crippen molar-refractivity contribution in [2.24, 2.45) is 5.73 Å². The van der Waals surface area contributed by atoms with Crippen molar-refractivity contribution in [3.8, 4) is 0 Å². The number of Topliss-reactive ketones (excluding diaryl/α,β-unsaturated/α-hetero) is 1. The molecule has 0 amide bonds. The van der Waals surface area contributed by atoms with Crippen molar-refractivity contribution in [3.63, 3.8) is 0 Å². The van der Waals surface area contributed by atoms with Gasteiger partial charge in [0.05, 0.1) is 11.4 Å². The van der Waals surface area contributed by atoms with E-state index in [-0.39, 0.29) is 17.0 Å². The van der Waals surface area contributed by atoms with Crippen LogP contribution >= 0.6 is 15.9 Å². The predicted molar refractivity (Wildman–Crippen MR) is 60.6 cm³/mol. The second-order valence-corrected chi connectivity index (χ2v) is 5.94. The molecule has 0 spiro atoms. The molecule has 0 atom stereocenters. The van der Waals surface area contributed by atoms with E-state index in [0.29, 0.717) is 4.47 Å². The first-order valence-electron chi connectivity index (χ1n) is 4.09. The van der Waals surface area contributed by atoms with Gasteiger partial charge in [0.25, 0.3) is 0 Å². The van der Waals surface area contributed by atoms with Crippen LogP contribution in [0.4, 0.5) is 0 Å². The Morgan fingerprint density at radius 1 is 1.47 bits per heavy atom. The number of rotatable bonds is 3. The number of sulfone groups is 1. The monoisotopic (exact) mass is 291 g/mol. The lowest BCUT2D eigenvalue weighted by molar-refractivity contribution is 0.0998. The van der Waals surface area contributed by atoms with Crippen LogP contribution in [0.25, 0.3) is 0 Å². The van der Waals surface area contributed by atoms with Gasteiger partial charge in [-0.2, -0.15) is 0 Å². The van der Waals surface area contributed by atoms with Gasteiger partial charge in [0.15, 0.2) is 15.6 Å². The Kier molecular flexibility index (Phi) is 3.64. The molecule has 0 bridgehead atoms. The summed E-state index contributed by atoms with van der Waals surface area (Å²) in [6, 6.07) is 4.43. The van der Waals surface area contributed by atoms with Gasteiger partial charge in [-0.3, -0.25) is 4.79 Å². The third-order valence-corrected chi connectivity index (χ3v) is 3.48. The molecule has 1 aromatic carbocycles. The summed E-state index contributed by atoms with van der Waals surface area (Å²) in [5.41, 5.74) is 5.34. The Balaban J connectivity index is 3.47. The predicted octanol–water partition coefficient (Wildman–Crippen LogP) is 0.994. The molecular weight excluding hydrogens is 282 g/mol. The molecule has 1 aromatic rings. The number of hydrogen-bond donors (Lipinski definition) is 1. The molecule has 0 aliphatic rings. The van der Waals surface area contributed by atoms with E-state index in [1.807, 2.05) is 0 Å². The third kappa shape index (κ3) is 2.87. The molecule has 6 heteroatoms. The molecule has 0 unspecified atom stereocenters. The van der Waals surface area contributed by atoms with Crippen LogP contribution in [0.1, 0.15) is 10.4 Å². The Labute approximate surface area is 96.5 Å². The van der Waals surface area contributed by atoms with Gasteiger partial charge >= 0.3 is 0 Å². The van der Waals surface area contributed by atoms with Crippen LogP contribution in [0.5, 0.6) is 0 Å². The van der Waals surface area contributed by atoms with E-state index in [9.17, 15) is 13.2 Å². The lowest BCUT2D eigenvalue weighted by Crippen LogP contribution is -2.17. The second-order valence-electron chi connectivity index (χ2n) is 3.04. The highest BCUT2D eigenvalue weighted by atomic mass is 79.9. The first kappa shape index (κ1) is 12.4. The Morgan fingerprint density at radius 3 is 2.53 bits per heavy atom. The largest absolute Gasteiger partial charge is 0.324 e. The summed E-state index contributed by atoms with van der Waals surface area (Å²) in [6.45, 7) is -0.209. The van der Waals surface area contributed by atoms with Crippen molar-refractivity contribution in [2.45, 2.75) is 4.90 Å². The molecule has 0 fully saturated rings. The SMILES string of the molecule is CS(=O)(=O)c1ccc(Br)cc1C(=O)CN. The van der Waals surface area contributed by atoms with Crippen LogP contribution in [0.3, 0.4) is 0 Å². The van der Waals surface area contributed by atoms with Gasteiger partial charge in [-0.25, -0.2) is 8.42 Å². The average Bonchev–Trinajstić information content (AvgIpc) is 2.14. The number of carbonyl (C=O) groups is 1. The van der Waals surface area contributed by atoms with Crippen molar-refractivity contribution >= 4 is 31.6 Å². The van der Waals surface area contributed by atoms with Gasteiger partial charge in [0.1, 0.15) is 0 Å². The Morgan fingerprint density at radius 2 is 2.07 bits per heavy atom. The maximum atomic E-state index is 11.4. The fourth-order valence-electron chi connectivity index (χ4n) is 1.15. The van der Waals surface area contributed by atoms with Crippen molar-refractivity contribution in [3.05, 3.63) is 28.2 Å². The number of benzene rings is 1. The normalized spacial score (nSPS) is 11.4. The molecule has 0 saturated heterocycles. The zero-order valence-corrected chi connectivity index (χ0v) is 10.4. The van der Waals surface area contributed by atoms with Gasteiger partial charge in [-0.15, -0.1) is 0 Å². The molecule has 0 heterocycles. The maximum absolute atomic E-state index is 11.4. The maximum Gasteiger partial charge on any atom is 0.177 e. The lowest BCUT2D eigenvalue weighted by Gasteiger charge is -2.06. The van der Waals surface area contributed by atoms with Crippen LogP contribution < -0.4 is 5.73 Å². The molecule has 0 aliphatic heterocycles. The summed E-state index contributed by atoms with van der Waals surface area (Å²) in [7, 11) is -3.40. The van der Waals surface area contributed by atoms with Gasteiger partial charge < -0.3 is 5.73 Å². The molecule has 2 N–H and O–H groups in total. The van der Waals surface area contributed by atoms with Crippen molar-refractivity contribution < 1.29 is 13.2 Å². The molecule has 15 heavy (non-hydrogen) atoms. The molecular formula is C9H10BrNO3S. The first-order chi connectivity index (χ1) is 6.86. The third-order valence-electron chi connectivity index (χ3n) is 1.83. The molecule has 0 aromatic heterocycles. The molecule has 0 saturated carbocycles. The summed E-state index contributed by atoms with van der Waals surface area (Å²) < 4.78 is 23.4. The highest BCUT2D eigenvalue weighted by Crippen LogP contribution is 2.21. The number of nitrogens with two attached hydrogens (primary N) is 1. The van der Waals surface area contributed by atoms with Crippen molar-refractivity contribution in [2.75, 3.05) is 12.8 Å². The summed E-state index contributed by atoms with van der Waals surface area (Å²) in [5, 5.41) is 0. The zero-order chi connectivity index (χ0) is 11.6. The van der Waals surface area contributed by atoms with Gasteiger partial charge in [-0.1, -0.05) is 15.9 Å². The molecule has 0 aliphatic carbocycles. The van der Waals surface area contributed by atoms with Gasteiger partial charge in [0, 0.05) is 16.3 Å². The molecule has 4 nitrogen and oxygen atoms in total.